The molecule has 1 saturated heterocycles. The highest BCUT2D eigenvalue weighted by molar-refractivity contribution is 9.10. The standard InChI is InChI=1S/C27H21BrN2O5S/c1-3-35-19-11-12-20-21(14-19)36-27(29-20)30-23(16-5-4-6-17(28)13-16)22(25(32)26(30)33)24(31)15-7-9-18(34-2)10-8-15/h4-14,23,31H,3H2,1-2H3/b24-22+/t23-/m0/s1. The molecule has 0 bridgehead atoms. The molecule has 4 aromatic rings. The average molecular weight is 565 g/mol. The summed E-state index contributed by atoms with van der Waals surface area (Å²) in [5, 5.41) is 11.6. The third-order valence-corrected chi connectivity index (χ3v) is 7.35. The molecule has 1 fully saturated rings. The topological polar surface area (TPSA) is 89.0 Å². The van der Waals surface area contributed by atoms with Gasteiger partial charge >= 0.3 is 5.91 Å². The van der Waals surface area contributed by atoms with Crippen LogP contribution in [-0.4, -0.2) is 35.5 Å². The number of hydrogen-bond donors (Lipinski definition) is 1. The van der Waals surface area contributed by atoms with Crippen molar-refractivity contribution in [2.45, 2.75) is 13.0 Å². The highest BCUT2D eigenvalue weighted by Gasteiger charge is 2.48. The molecule has 3 aromatic carbocycles. The van der Waals surface area contributed by atoms with Crippen molar-refractivity contribution in [1.82, 2.24) is 4.98 Å². The molecule has 1 amide bonds. The fraction of sp³-hybridized carbons (Fsp3) is 0.148. The fourth-order valence-corrected chi connectivity index (χ4v) is 5.62. The second-order valence-electron chi connectivity index (χ2n) is 8.01. The zero-order valence-corrected chi connectivity index (χ0v) is 21.8. The van der Waals surface area contributed by atoms with E-state index in [1.165, 1.54) is 16.2 Å². The smallest absolute Gasteiger partial charge is 0.301 e. The summed E-state index contributed by atoms with van der Waals surface area (Å²) in [6, 6.07) is 18.6. The highest BCUT2D eigenvalue weighted by atomic mass is 79.9. The zero-order chi connectivity index (χ0) is 25.4. The lowest BCUT2D eigenvalue weighted by Crippen LogP contribution is -2.29. The van der Waals surface area contributed by atoms with Gasteiger partial charge in [-0.1, -0.05) is 39.4 Å². The predicted molar refractivity (Wildman–Crippen MR) is 143 cm³/mol. The van der Waals surface area contributed by atoms with Crippen LogP contribution in [0.5, 0.6) is 11.5 Å². The third kappa shape index (κ3) is 4.25. The Morgan fingerprint density at radius 2 is 1.83 bits per heavy atom. The van der Waals surface area contributed by atoms with Gasteiger partial charge in [-0.2, -0.15) is 0 Å². The van der Waals surface area contributed by atoms with E-state index in [0.717, 1.165) is 9.17 Å². The van der Waals surface area contributed by atoms with Crippen molar-refractivity contribution in [2.75, 3.05) is 18.6 Å². The molecule has 9 heteroatoms. The van der Waals surface area contributed by atoms with Crippen molar-refractivity contribution in [3.05, 3.63) is 87.9 Å². The number of aliphatic hydroxyl groups excluding tert-OH is 1. The summed E-state index contributed by atoms with van der Waals surface area (Å²) in [5.41, 5.74) is 1.74. The fourth-order valence-electron chi connectivity index (χ4n) is 4.18. The third-order valence-electron chi connectivity index (χ3n) is 5.84. The Morgan fingerprint density at radius 1 is 1.08 bits per heavy atom. The van der Waals surface area contributed by atoms with Crippen LogP contribution in [0.3, 0.4) is 0 Å². The number of ether oxygens (including phenoxy) is 2. The van der Waals surface area contributed by atoms with E-state index in [-0.39, 0.29) is 11.3 Å². The lowest BCUT2D eigenvalue weighted by atomic mass is 9.95. The van der Waals surface area contributed by atoms with Gasteiger partial charge in [-0.15, -0.1) is 0 Å². The minimum absolute atomic E-state index is 0.00229. The maximum Gasteiger partial charge on any atom is 0.301 e. The van der Waals surface area contributed by atoms with Crippen LogP contribution in [0.25, 0.3) is 16.0 Å². The molecular weight excluding hydrogens is 544 g/mol. The van der Waals surface area contributed by atoms with E-state index in [0.29, 0.717) is 39.9 Å². The van der Waals surface area contributed by atoms with Gasteiger partial charge in [0.25, 0.3) is 5.78 Å². The van der Waals surface area contributed by atoms with Crippen LogP contribution in [0, 0.1) is 0 Å². The zero-order valence-electron chi connectivity index (χ0n) is 19.4. The van der Waals surface area contributed by atoms with Crippen LogP contribution < -0.4 is 14.4 Å². The minimum atomic E-state index is -0.864. The van der Waals surface area contributed by atoms with Gasteiger partial charge in [0.05, 0.1) is 35.5 Å². The van der Waals surface area contributed by atoms with Gasteiger partial charge in [0.1, 0.15) is 17.3 Å². The number of ketones is 1. The maximum absolute atomic E-state index is 13.4. The number of carbonyl (C=O) groups excluding carboxylic acids is 2. The summed E-state index contributed by atoms with van der Waals surface area (Å²) in [7, 11) is 1.54. The number of amides is 1. The Morgan fingerprint density at radius 3 is 2.53 bits per heavy atom. The Kier molecular flexibility index (Phi) is 6.51. The molecule has 1 aliphatic heterocycles. The van der Waals surface area contributed by atoms with Crippen molar-refractivity contribution in [2.24, 2.45) is 0 Å². The van der Waals surface area contributed by atoms with Crippen LogP contribution in [0.2, 0.25) is 0 Å². The number of aliphatic hydroxyl groups is 1. The van der Waals surface area contributed by atoms with Crippen molar-refractivity contribution in [3.8, 4) is 11.5 Å². The first-order valence-electron chi connectivity index (χ1n) is 11.2. The minimum Gasteiger partial charge on any atom is -0.507 e. The lowest BCUT2D eigenvalue weighted by molar-refractivity contribution is -0.132. The second kappa shape index (κ2) is 9.75. The maximum atomic E-state index is 13.4. The van der Waals surface area contributed by atoms with E-state index in [1.807, 2.05) is 49.4 Å². The van der Waals surface area contributed by atoms with E-state index in [4.69, 9.17) is 9.47 Å². The largest absolute Gasteiger partial charge is 0.507 e. The van der Waals surface area contributed by atoms with E-state index < -0.39 is 17.7 Å². The molecule has 5 rings (SSSR count). The highest BCUT2D eigenvalue weighted by Crippen LogP contribution is 2.45. The molecule has 2 heterocycles. The van der Waals surface area contributed by atoms with Gasteiger partial charge in [0.15, 0.2) is 5.13 Å². The Hall–Kier alpha value is -3.69. The van der Waals surface area contributed by atoms with Crippen molar-refractivity contribution >= 4 is 60.1 Å². The summed E-state index contributed by atoms with van der Waals surface area (Å²) in [5.74, 6) is -0.480. The first-order chi connectivity index (χ1) is 17.4. The Bertz CT molecular complexity index is 1510. The molecule has 1 atom stereocenters. The summed E-state index contributed by atoms with van der Waals surface area (Å²) < 4.78 is 12.4. The summed E-state index contributed by atoms with van der Waals surface area (Å²) in [4.78, 5) is 32.8. The average Bonchev–Trinajstić information content (AvgIpc) is 3.41. The monoisotopic (exact) mass is 564 g/mol. The van der Waals surface area contributed by atoms with E-state index >= 15 is 0 Å². The number of fused-ring (bicyclic) bond motifs is 1. The molecular formula is C27H21BrN2O5S. The normalized spacial score (nSPS) is 17.1. The number of anilines is 1. The molecule has 0 spiro atoms. The number of rotatable bonds is 6. The molecule has 1 aromatic heterocycles. The molecule has 182 valence electrons. The van der Waals surface area contributed by atoms with Gasteiger partial charge in [-0.3, -0.25) is 14.5 Å². The number of nitrogens with zero attached hydrogens (tertiary/aromatic N) is 2. The molecule has 0 radical (unpaired) electrons. The first kappa shape index (κ1) is 24.0. The summed E-state index contributed by atoms with van der Waals surface area (Å²) >= 11 is 4.76. The molecule has 1 N–H and O–H groups in total. The number of benzene rings is 3. The van der Waals surface area contributed by atoms with E-state index in [2.05, 4.69) is 20.9 Å². The van der Waals surface area contributed by atoms with Gasteiger partial charge in [0.2, 0.25) is 0 Å². The van der Waals surface area contributed by atoms with Crippen LogP contribution in [0.1, 0.15) is 24.1 Å². The quantitative estimate of drug-likeness (QED) is 0.173. The Labute approximate surface area is 219 Å². The SMILES string of the molecule is CCOc1ccc2nc(N3C(=O)C(=O)/C(=C(/O)c4ccc(OC)cc4)[C@@H]3c3cccc(Br)c3)sc2c1. The molecule has 0 unspecified atom stereocenters. The number of hydrogen-bond acceptors (Lipinski definition) is 7. The van der Waals surface area contributed by atoms with Gasteiger partial charge in [0, 0.05) is 10.0 Å². The van der Waals surface area contributed by atoms with Crippen molar-refractivity contribution < 1.29 is 24.2 Å². The number of aromatic nitrogens is 1. The van der Waals surface area contributed by atoms with Crippen LogP contribution in [-0.2, 0) is 9.59 Å². The van der Waals surface area contributed by atoms with Crippen LogP contribution in [0.15, 0.2) is 76.8 Å². The predicted octanol–water partition coefficient (Wildman–Crippen LogP) is 6.09. The van der Waals surface area contributed by atoms with Crippen molar-refractivity contribution in [3.63, 3.8) is 0 Å². The van der Waals surface area contributed by atoms with Gasteiger partial charge in [-0.25, -0.2) is 4.98 Å². The van der Waals surface area contributed by atoms with E-state index in [1.54, 1.807) is 31.4 Å². The molecule has 0 saturated carbocycles. The lowest BCUT2D eigenvalue weighted by Gasteiger charge is -2.23. The molecule has 7 nitrogen and oxygen atoms in total. The van der Waals surface area contributed by atoms with E-state index in [9.17, 15) is 14.7 Å². The van der Waals surface area contributed by atoms with Crippen LogP contribution in [0.4, 0.5) is 5.13 Å². The van der Waals surface area contributed by atoms with Gasteiger partial charge < -0.3 is 14.6 Å². The first-order valence-corrected chi connectivity index (χ1v) is 12.8. The summed E-state index contributed by atoms with van der Waals surface area (Å²) in [6.45, 7) is 2.43. The van der Waals surface area contributed by atoms with Crippen molar-refractivity contribution in [1.29, 1.82) is 0 Å². The number of thiazole rings is 1. The molecule has 36 heavy (non-hydrogen) atoms. The molecule has 1 aliphatic rings. The van der Waals surface area contributed by atoms with Gasteiger partial charge in [-0.05, 0) is 67.1 Å². The second-order valence-corrected chi connectivity index (χ2v) is 9.94. The van der Waals surface area contributed by atoms with Crippen LogP contribution >= 0.6 is 27.3 Å². The Balaban J connectivity index is 1.68. The number of Topliss-reactive ketones (excluding diaryl/α,β-unsaturated/α-hetero) is 1. The summed E-state index contributed by atoms with van der Waals surface area (Å²) in [6.07, 6.45) is 0. The molecule has 0 aliphatic carbocycles. The number of carbonyl (C=O) groups is 2. The number of methoxy groups -OCH3 is 1. The number of halogens is 1.